The quantitative estimate of drug-likeness (QED) is 0.619. The summed E-state index contributed by atoms with van der Waals surface area (Å²) in [5.41, 5.74) is 1.33. The standard InChI is InChI=1S/C6H11NO.C6H11N.C6H10O2.C2H6/c1-5-3-6(8)7(2)4-5;1-5-3-6(2)7-4-5;1-4-3-5(2)8-6(4)7;1-2/h5H,3-4H2,1-2H3;5H,3-4H2,1-2H3;4-5H,3H2,1-2H3;1-2H3. The second kappa shape index (κ2) is 12.0. The highest BCUT2D eigenvalue weighted by Crippen LogP contribution is 2.19. The minimum Gasteiger partial charge on any atom is -0.462 e. The van der Waals surface area contributed by atoms with Crippen molar-refractivity contribution in [3.63, 3.8) is 0 Å². The fourth-order valence-electron chi connectivity index (χ4n) is 2.99. The van der Waals surface area contributed by atoms with Crippen LogP contribution in [0.3, 0.4) is 0 Å². The molecule has 2 saturated heterocycles. The van der Waals surface area contributed by atoms with Gasteiger partial charge in [-0.05, 0) is 38.5 Å². The van der Waals surface area contributed by atoms with E-state index in [-0.39, 0.29) is 23.9 Å². The molecule has 2 fully saturated rings. The molecule has 0 bridgehead atoms. The minimum atomic E-state index is -0.0440. The van der Waals surface area contributed by atoms with Crippen LogP contribution in [0.4, 0.5) is 0 Å². The van der Waals surface area contributed by atoms with Crippen molar-refractivity contribution < 1.29 is 14.3 Å². The predicted molar refractivity (Wildman–Crippen MR) is 104 cm³/mol. The first kappa shape index (κ1) is 23.6. The lowest BCUT2D eigenvalue weighted by atomic mass is 10.1. The molecular weight excluding hydrogens is 316 g/mol. The van der Waals surface area contributed by atoms with E-state index in [0.717, 1.165) is 31.8 Å². The Morgan fingerprint density at radius 1 is 1.04 bits per heavy atom. The van der Waals surface area contributed by atoms with Gasteiger partial charge in [-0.1, -0.05) is 34.6 Å². The Hall–Kier alpha value is -1.39. The first-order chi connectivity index (χ1) is 11.7. The number of amides is 1. The number of rotatable bonds is 0. The highest BCUT2D eigenvalue weighted by atomic mass is 16.5. The molecule has 0 aliphatic carbocycles. The van der Waals surface area contributed by atoms with Gasteiger partial charge in [0.25, 0.3) is 0 Å². The Labute approximate surface area is 154 Å². The van der Waals surface area contributed by atoms with Gasteiger partial charge in [0.1, 0.15) is 0 Å². The summed E-state index contributed by atoms with van der Waals surface area (Å²) in [4.78, 5) is 27.3. The molecule has 0 N–H and O–H groups in total. The summed E-state index contributed by atoms with van der Waals surface area (Å²) in [6, 6.07) is 0. The molecule has 3 rings (SSSR count). The van der Waals surface area contributed by atoms with E-state index in [1.165, 1.54) is 12.1 Å². The second-order valence-corrected chi connectivity index (χ2v) is 7.35. The molecule has 25 heavy (non-hydrogen) atoms. The molecule has 3 aliphatic rings. The van der Waals surface area contributed by atoms with Crippen LogP contribution in [0.1, 0.15) is 67.7 Å². The molecule has 146 valence electrons. The van der Waals surface area contributed by atoms with Crippen molar-refractivity contribution in [2.75, 3.05) is 20.1 Å². The Balaban J connectivity index is 0.000000330. The van der Waals surface area contributed by atoms with Crippen molar-refractivity contribution >= 4 is 17.6 Å². The Bertz CT molecular complexity index is 420. The van der Waals surface area contributed by atoms with E-state index >= 15 is 0 Å². The van der Waals surface area contributed by atoms with Gasteiger partial charge in [-0.3, -0.25) is 14.6 Å². The number of ether oxygens (including phenoxy) is 1. The summed E-state index contributed by atoms with van der Waals surface area (Å²) in [7, 11) is 1.85. The van der Waals surface area contributed by atoms with E-state index in [1.807, 2.05) is 34.7 Å². The molecule has 5 heteroatoms. The van der Waals surface area contributed by atoms with Crippen molar-refractivity contribution in [3.05, 3.63) is 0 Å². The Kier molecular flexibility index (Phi) is 11.4. The van der Waals surface area contributed by atoms with E-state index in [0.29, 0.717) is 5.92 Å². The predicted octanol–water partition coefficient (Wildman–Crippen LogP) is 3.96. The molecule has 5 nitrogen and oxygen atoms in total. The normalized spacial score (nSPS) is 30.2. The summed E-state index contributed by atoms with van der Waals surface area (Å²) in [6.07, 6.45) is 3.01. The van der Waals surface area contributed by atoms with Gasteiger partial charge in [0.15, 0.2) is 0 Å². The van der Waals surface area contributed by atoms with Crippen molar-refractivity contribution in [2.24, 2.45) is 22.7 Å². The van der Waals surface area contributed by atoms with Gasteiger partial charge in [-0.15, -0.1) is 0 Å². The zero-order valence-electron chi connectivity index (χ0n) is 17.5. The summed E-state index contributed by atoms with van der Waals surface area (Å²) in [6.45, 7) is 16.3. The average molecular weight is 355 g/mol. The second-order valence-electron chi connectivity index (χ2n) is 7.35. The maximum Gasteiger partial charge on any atom is 0.309 e. The number of hydrogen-bond acceptors (Lipinski definition) is 4. The molecule has 0 aromatic carbocycles. The van der Waals surface area contributed by atoms with Crippen LogP contribution in [0, 0.1) is 17.8 Å². The number of aliphatic imine (C=N–C) groups is 1. The van der Waals surface area contributed by atoms with Crippen LogP contribution < -0.4 is 0 Å². The zero-order chi connectivity index (χ0) is 19.6. The largest absolute Gasteiger partial charge is 0.462 e. The van der Waals surface area contributed by atoms with Gasteiger partial charge in [0.2, 0.25) is 5.91 Å². The SMILES string of the molecule is CC.CC1=NCC(C)C1.CC1CC(=O)N(C)C1.CC1CC(C)C(=O)O1. The number of cyclic esters (lactones) is 1. The topological polar surface area (TPSA) is 59.0 Å². The molecule has 0 aromatic heterocycles. The fraction of sp³-hybridized carbons (Fsp3) is 0.850. The van der Waals surface area contributed by atoms with E-state index in [1.54, 1.807) is 4.90 Å². The summed E-state index contributed by atoms with van der Waals surface area (Å²) in [5.74, 6) is 1.77. The molecular formula is C20H38N2O3. The third kappa shape index (κ3) is 9.61. The van der Waals surface area contributed by atoms with E-state index in [9.17, 15) is 9.59 Å². The van der Waals surface area contributed by atoms with E-state index in [2.05, 4.69) is 25.8 Å². The molecule has 4 atom stereocenters. The van der Waals surface area contributed by atoms with Gasteiger partial charge in [-0.2, -0.15) is 0 Å². The fourth-order valence-corrected chi connectivity index (χ4v) is 2.99. The van der Waals surface area contributed by atoms with Gasteiger partial charge < -0.3 is 9.64 Å². The third-order valence-electron chi connectivity index (χ3n) is 4.26. The highest BCUT2D eigenvalue weighted by molar-refractivity contribution is 5.83. The average Bonchev–Trinajstić information content (AvgIpc) is 3.15. The van der Waals surface area contributed by atoms with Crippen molar-refractivity contribution in [1.82, 2.24) is 4.90 Å². The maximum atomic E-state index is 10.7. The lowest BCUT2D eigenvalue weighted by Gasteiger charge is -2.04. The molecule has 3 heterocycles. The van der Waals surface area contributed by atoms with Crippen molar-refractivity contribution in [2.45, 2.75) is 73.8 Å². The van der Waals surface area contributed by atoms with E-state index < -0.39 is 0 Å². The van der Waals surface area contributed by atoms with Crippen LogP contribution >= 0.6 is 0 Å². The van der Waals surface area contributed by atoms with Crippen LogP contribution in [0.25, 0.3) is 0 Å². The number of carbonyl (C=O) groups excluding carboxylic acids is 2. The first-order valence-corrected chi connectivity index (χ1v) is 9.63. The van der Waals surface area contributed by atoms with Crippen LogP contribution in [0.2, 0.25) is 0 Å². The number of nitrogens with zero attached hydrogens (tertiary/aromatic N) is 2. The highest BCUT2D eigenvalue weighted by Gasteiger charge is 2.27. The van der Waals surface area contributed by atoms with Crippen LogP contribution in [-0.4, -0.2) is 48.7 Å². The van der Waals surface area contributed by atoms with Crippen LogP contribution in [0.5, 0.6) is 0 Å². The molecule has 4 unspecified atom stereocenters. The number of carbonyl (C=O) groups is 2. The molecule has 1 amide bonds. The molecule has 0 aromatic rings. The smallest absolute Gasteiger partial charge is 0.309 e. The third-order valence-corrected chi connectivity index (χ3v) is 4.26. The van der Waals surface area contributed by atoms with Gasteiger partial charge >= 0.3 is 5.97 Å². The molecule has 0 spiro atoms. The van der Waals surface area contributed by atoms with Gasteiger partial charge in [0, 0.05) is 32.3 Å². The summed E-state index contributed by atoms with van der Waals surface area (Å²) >= 11 is 0. The first-order valence-electron chi connectivity index (χ1n) is 9.63. The molecule has 0 radical (unpaired) electrons. The minimum absolute atomic E-state index is 0.0440. The van der Waals surface area contributed by atoms with E-state index in [4.69, 9.17) is 4.74 Å². The monoisotopic (exact) mass is 354 g/mol. The lowest BCUT2D eigenvalue weighted by molar-refractivity contribution is -0.143. The van der Waals surface area contributed by atoms with Gasteiger partial charge in [-0.25, -0.2) is 0 Å². The van der Waals surface area contributed by atoms with Crippen LogP contribution in [0.15, 0.2) is 4.99 Å². The van der Waals surface area contributed by atoms with Crippen LogP contribution in [-0.2, 0) is 14.3 Å². The summed E-state index contributed by atoms with van der Waals surface area (Å²) < 4.78 is 4.83. The number of hydrogen-bond donors (Lipinski definition) is 0. The van der Waals surface area contributed by atoms with Crippen molar-refractivity contribution in [3.8, 4) is 0 Å². The molecule has 3 aliphatic heterocycles. The maximum absolute atomic E-state index is 10.7. The Morgan fingerprint density at radius 3 is 1.76 bits per heavy atom. The molecule has 0 saturated carbocycles. The zero-order valence-corrected chi connectivity index (χ0v) is 17.5. The lowest BCUT2D eigenvalue weighted by Crippen LogP contribution is -2.18. The number of likely N-dealkylation sites (tertiary alicyclic amines) is 1. The summed E-state index contributed by atoms with van der Waals surface area (Å²) in [5, 5.41) is 0. The van der Waals surface area contributed by atoms with Crippen molar-refractivity contribution in [1.29, 1.82) is 0 Å². The number of esters is 1. The van der Waals surface area contributed by atoms with Gasteiger partial charge in [0.05, 0.1) is 12.0 Å². The Morgan fingerprint density at radius 2 is 1.64 bits per heavy atom.